The minimum absolute atomic E-state index is 0.0779. The van der Waals surface area contributed by atoms with Crippen molar-refractivity contribution in [3.8, 4) is 11.3 Å². The Balaban J connectivity index is 1.63. The Bertz CT molecular complexity index is 2120. The Labute approximate surface area is 207 Å². The Morgan fingerprint density at radius 3 is 2.31 bits per heavy atom. The molecule has 3 heteroatoms. The average molecular weight is 465 g/mol. The molecule has 4 heterocycles. The van der Waals surface area contributed by atoms with E-state index in [2.05, 4.69) is 96.9 Å². The van der Waals surface area contributed by atoms with Crippen molar-refractivity contribution in [2.45, 2.75) is 26.2 Å². The third kappa shape index (κ3) is 2.50. The molecule has 172 valence electrons. The summed E-state index contributed by atoms with van der Waals surface area (Å²) in [5.41, 5.74) is 9.11. The van der Waals surface area contributed by atoms with Gasteiger partial charge in [-0.1, -0.05) is 57.2 Å². The van der Waals surface area contributed by atoms with Gasteiger partial charge in [-0.2, -0.15) is 0 Å². The van der Waals surface area contributed by atoms with Crippen LogP contribution in [0.2, 0.25) is 0 Å². The van der Waals surface area contributed by atoms with E-state index in [1.807, 2.05) is 24.4 Å². The lowest BCUT2D eigenvalue weighted by atomic mass is 9.86. The summed E-state index contributed by atoms with van der Waals surface area (Å²) in [5, 5.41) is 7.36. The highest BCUT2D eigenvalue weighted by atomic mass is 16.3. The number of hydrogen-bond acceptors (Lipinski definition) is 2. The molecular weight excluding hydrogens is 440 g/mol. The fraction of sp³-hybridized carbons (Fsp3) is 0.121. The van der Waals surface area contributed by atoms with Gasteiger partial charge in [0, 0.05) is 44.1 Å². The summed E-state index contributed by atoms with van der Waals surface area (Å²) in [6, 6.07) is 30.4. The Hall–Kier alpha value is -4.37. The topological polar surface area (TPSA) is 30.4 Å². The van der Waals surface area contributed by atoms with Crippen LogP contribution in [0.15, 0.2) is 95.5 Å². The molecule has 8 rings (SSSR count). The highest BCUT2D eigenvalue weighted by Crippen LogP contribution is 2.47. The summed E-state index contributed by atoms with van der Waals surface area (Å²) < 4.78 is 8.90. The van der Waals surface area contributed by atoms with Crippen LogP contribution in [0.1, 0.15) is 26.3 Å². The maximum atomic E-state index is 6.45. The van der Waals surface area contributed by atoms with Crippen LogP contribution in [-0.2, 0) is 5.41 Å². The quantitative estimate of drug-likeness (QED) is 0.242. The zero-order valence-corrected chi connectivity index (χ0v) is 20.5. The molecule has 0 bridgehead atoms. The van der Waals surface area contributed by atoms with E-state index >= 15 is 0 Å². The zero-order valence-electron chi connectivity index (χ0n) is 20.5. The molecule has 0 amide bonds. The molecule has 36 heavy (non-hydrogen) atoms. The number of benzene rings is 4. The van der Waals surface area contributed by atoms with Crippen molar-refractivity contribution >= 4 is 60.0 Å². The highest BCUT2D eigenvalue weighted by molar-refractivity contribution is 6.34. The number of pyridine rings is 1. The molecule has 0 aliphatic rings. The van der Waals surface area contributed by atoms with E-state index in [1.54, 1.807) is 0 Å². The summed E-state index contributed by atoms with van der Waals surface area (Å²) >= 11 is 0. The van der Waals surface area contributed by atoms with Crippen LogP contribution in [-0.4, -0.2) is 9.38 Å². The molecule has 0 unspecified atom stereocenters. The van der Waals surface area contributed by atoms with Gasteiger partial charge in [-0.25, -0.2) is 0 Å². The van der Waals surface area contributed by atoms with Crippen LogP contribution in [0, 0.1) is 0 Å². The van der Waals surface area contributed by atoms with Crippen LogP contribution in [0.3, 0.4) is 0 Å². The third-order valence-corrected chi connectivity index (χ3v) is 7.72. The SMILES string of the molecule is CC(C)(C)c1ccc2c(c1)c1cc3oc4ccccc4c3c3c4cc(-c5ccccn5)ccc4n2c13. The minimum Gasteiger partial charge on any atom is -0.456 e. The van der Waals surface area contributed by atoms with E-state index in [0.717, 1.165) is 27.8 Å². The van der Waals surface area contributed by atoms with Crippen LogP contribution in [0.5, 0.6) is 0 Å². The predicted octanol–water partition coefficient (Wildman–Crippen LogP) is 9.10. The monoisotopic (exact) mass is 464 g/mol. The van der Waals surface area contributed by atoms with Gasteiger partial charge in [0.2, 0.25) is 0 Å². The number of para-hydroxylation sites is 1. The first-order chi connectivity index (χ1) is 17.5. The number of fused-ring (bicyclic) bond motifs is 10. The van der Waals surface area contributed by atoms with E-state index in [-0.39, 0.29) is 5.41 Å². The van der Waals surface area contributed by atoms with Crippen molar-refractivity contribution in [3.63, 3.8) is 0 Å². The van der Waals surface area contributed by atoms with Crippen LogP contribution >= 0.6 is 0 Å². The minimum atomic E-state index is 0.0779. The Morgan fingerprint density at radius 1 is 0.667 bits per heavy atom. The van der Waals surface area contributed by atoms with Crippen molar-refractivity contribution in [2.75, 3.05) is 0 Å². The van der Waals surface area contributed by atoms with Crippen molar-refractivity contribution in [1.82, 2.24) is 9.38 Å². The smallest absolute Gasteiger partial charge is 0.136 e. The van der Waals surface area contributed by atoms with Crippen molar-refractivity contribution < 1.29 is 4.42 Å². The molecule has 0 aliphatic carbocycles. The highest BCUT2D eigenvalue weighted by Gasteiger charge is 2.24. The normalized spacial score (nSPS) is 12.9. The van der Waals surface area contributed by atoms with Crippen LogP contribution in [0.25, 0.3) is 71.3 Å². The molecule has 0 saturated carbocycles. The summed E-state index contributed by atoms with van der Waals surface area (Å²) in [4.78, 5) is 4.62. The lowest BCUT2D eigenvalue weighted by Crippen LogP contribution is -2.10. The van der Waals surface area contributed by atoms with Gasteiger partial charge in [-0.15, -0.1) is 0 Å². The molecule has 0 saturated heterocycles. The lowest BCUT2D eigenvalue weighted by molar-refractivity contribution is 0.591. The molecule has 0 radical (unpaired) electrons. The fourth-order valence-corrected chi connectivity index (χ4v) is 5.98. The molecule has 3 nitrogen and oxygen atoms in total. The van der Waals surface area contributed by atoms with Gasteiger partial charge < -0.3 is 8.82 Å². The van der Waals surface area contributed by atoms with Crippen LogP contribution in [0.4, 0.5) is 0 Å². The molecule has 0 aliphatic heterocycles. The second-order valence-electron chi connectivity index (χ2n) is 10.9. The Morgan fingerprint density at radius 2 is 1.47 bits per heavy atom. The van der Waals surface area contributed by atoms with Crippen molar-refractivity contribution in [1.29, 1.82) is 0 Å². The standard InChI is InChI=1S/C33H24N2O/c1-33(2,3)20-12-14-26-22(17-20)23-18-29-30(21-8-4-5-10-28(21)36-29)31-24-16-19(25-9-6-7-15-34-25)11-13-27(24)35(26)32(23)31/h4-18H,1-3H3. The molecular formula is C33H24N2O. The first kappa shape index (κ1) is 19.9. The molecule has 0 spiro atoms. The number of hydrogen-bond donors (Lipinski definition) is 0. The van der Waals surface area contributed by atoms with E-state index in [1.165, 1.54) is 49.0 Å². The van der Waals surface area contributed by atoms with E-state index in [9.17, 15) is 0 Å². The van der Waals surface area contributed by atoms with Crippen LogP contribution < -0.4 is 0 Å². The second-order valence-corrected chi connectivity index (χ2v) is 10.9. The van der Waals surface area contributed by atoms with Gasteiger partial charge in [-0.3, -0.25) is 4.98 Å². The van der Waals surface area contributed by atoms with Gasteiger partial charge in [0.05, 0.1) is 22.2 Å². The lowest BCUT2D eigenvalue weighted by Gasteiger charge is -2.19. The number of aromatic nitrogens is 2. The predicted molar refractivity (Wildman–Crippen MR) is 150 cm³/mol. The van der Waals surface area contributed by atoms with Gasteiger partial charge in [0.15, 0.2) is 0 Å². The Kier molecular flexibility index (Phi) is 3.67. The second kappa shape index (κ2) is 6.64. The molecule has 0 fully saturated rings. The summed E-state index contributed by atoms with van der Waals surface area (Å²) in [6.45, 7) is 6.82. The third-order valence-electron chi connectivity index (χ3n) is 7.72. The molecule has 0 atom stereocenters. The van der Waals surface area contributed by atoms with E-state index in [0.29, 0.717) is 0 Å². The largest absolute Gasteiger partial charge is 0.456 e. The number of rotatable bonds is 1. The first-order valence-electron chi connectivity index (χ1n) is 12.5. The zero-order chi connectivity index (χ0) is 24.2. The fourth-order valence-electron chi connectivity index (χ4n) is 5.98. The maximum Gasteiger partial charge on any atom is 0.136 e. The average Bonchev–Trinajstić information content (AvgIpc) is 3.53. The summed E-state index contributed by atoms with van der Waals surface area (Å²) in [5.74, 6) is 0. The van der Waals surface area contributed by atoms with Gasteiger partial charge in [0.1, 0.15) is 11.2 Å². The van der Waals surface area contributed by atoms with E-state index < -0.39 is 0 Å². The van der Waals surface area contributed by atoms with Crippen molar-refractivity contribution in [2.24, 2.45) is 0 Å². The van der Waals surface area contributed by atoms with Gasteiger partial charge in [-0.05, 0) is 59.5 Å². The van der Waals surface area contributed by atoms with Crippen molar-refractivity contribution in [3.05, 3.63) is 96.7 Å². The number of nitrogens with zero attached hydrogens (tertiary/aromatic N) is 2. The van der Waals surface area contributed by atoms with E-state index in [4.69, 9.17) is 4.42 Å². The molecule has 0 N–H and O–H groups in total. The number of furan rings is 1. The maximum absolute atomic E-state index is 6.45. The molecule has 4 aromatic carbocycles. The summed E-state index contributed by atoms with van der Waals surface area (Å²) in [7, 11) is 0. The van der Waals surface area contributed by atoms with Gasteiger partial charge >= 0.3 is 0 Å². The van der Waals surface area contributed by atoms with Gasteiger partial charge in [0.25, 0.3) is 0 Å². The molecule has 4 aromatic heterocycles. The molecule has 8 aromatic rings. The summed E-state index contributed by atoms with van der Waals surface area (Å²) in [6.07, 6.45) is 1.86. The first-order valence-corrected chi connectivity index (χ1v) is 12.5.